The summed E-state index contributed by atoms with van der Waals surface area (Å²) < 4.78 is 4.67. The van der Waals surface area contributed by atoms with Gasteiger partial charge in [0, 0.05) is 6.08 Å². The lowest BCUT2D eigenvalue weighted by Gasteiger charge is -1.93. The van der Waals surface area contributed by atoms with E-state index in [2.05, 4.69) is 14.9 Å². The Morgan fingerprint density at radius 3 is 3.13 bits per heavy atom. The third-order valence-electron chi connectivity index (χ3n) is 1.61. The first-order valence-corrected chi connectivity index (χ1v) is 4.27. The maximum atomic E-state index is 11.0. The lowest BCUT2D eigenvalue weighted by molar-refractivity contribution is -0.137. The number of nitriles is 1. The van der Waals surface area contributed by atoms with Gasteiger partial charge in [-0.3, -0.25) is 5.10 Å². The number of H-pyrrole nitrogens is 1. The maximum absolute atomic E-state index is 11.0. The molecular formula is C9H10N4O2. The van der Waals surface area contributed by atoms with Gasteiger partial charge < -0.3 is 10.5 Å². The third-order valence-corrected chi connectivity index (χ3v) is 1.61. The minimum atomic E-state index is -0.477. The van der Waals surface area contributed by atoms with Crippen LogP contribution in [0.15, 0.2) is 6.08 Å². The largest absolute Gasteiger partial charge is 0.463 e. The number of aromatic nitrogens is 2. The van der Waals surface area contributed by atoms with E-state index >= 15 is 0 Å². The fourth-order valence-corrected chi connectivity index (χ4v) is 0.950. The summed E-state index contributed by atoms with van der Waals surface area (Å²) in [5.41, 5.74) is 6.01. The number of carbonyl (C=O) groups is 1. The molecule has 1 rings (SSSR count). The Balaban J connectivity index is 2.81. The molecule has 78 valence electrons. The van der Waals surface area contributed by atoms with Crippen molar-refractivity contribution in [1.82, 2.24) is 10.2 Å². The van der Waals surface area contributed by atoms with Crippen LogP contribution in [0.5, 0.6) is 0 Å². The van der Waals surface area contributed by atoms with Gasteiger partial charge in [-0.1, -0.05) is 0 Å². The Morgan fingerprint density at radius 2 is 2.53 bits per heavy atom. The van der Waals surface area contributed by atoms with Crippen molar-refractivity contribution in [2.45, 2.75) is 6.92 Å². The van der Waals surface area contributed by atoms with Gasteiger partial charge in [0.05, 0.1) is 12.3 Å². The van der Waals surface area contributed by atoms with Gasteiger partial charge in [-0.15, -0.1) is 0 Å². The number of ether oxygens (including phenoxy) is 1. The molecule has 1 aromatic rings. The highest BCUT2D eigenvalue weighted by molar-refractivity contribution is 5.87. The van der Waals surface area contributed by atoms with Crippen LogP contribution in [0, 0.1) is 11.3 Å². The summed E-state index contributed by atoms with van der Waals surface area (Å²) in [6, 6.07) is 1.88. The third kappa shape index (κ3) is 2.57. The number of aromatic amines is 1. The van der Waals surface area contributed by atoms with Gasteiger partial charge in [-0.05, 0) is 13.0 Å². The molecule has 0 aliphatic heterocycles. The molecule has 0 aliphatic carbocycles. The number of nitrogens with one attached hydrogen (secondary N) is 1. The van der Waals surface area contributed by atoms with Crippen LogP contribution in [0.4, 0.5) is 5.82 Å². The van der Waals surface area contributed by atoms with Gasteiger partial charge in [0.1, 0.15) is 11.6 Å². The summed E-state index contributed by atoms with van der Waals surface area (Å²) >= 11 is 0. The molecule has 6 nitrogen and oxygen atoms in total. The molecule has 0 fully saturated rings. The minimum absolute atomic E-state index is 0.112. The molecule has 0 atom stereocenters. The number of hydrogen-bond acceptors (Lipinski definition) is 5. The number of nitrogen functional groups attached to an aromatic ring is 1. The molecule has 6 heteroatoms. The summed E-state index contributed by atoms with van der Waals surface area (Å²) in [5, 5.41) is 14.9. The normalized spacial score (nSPS) is 10.1. The van der Waals surface area contributed by atoms with Crippen molar-refractivity contribution < 1.29 is 9.53 Å². The number of nitrogens with zero attached hydrogens (tertiary/aromatic N) is 2. The van der Waals surface area contributed by atoms with E-state index in [9.17, 15) is 4.79 Å². The molecule has 0 unspecified atom stereocenters. The van der Waals surface area contributed by atoms with Crippen LogP contribution < -0.4 is 5.73 Å². The average molecular weight is 206 g/mol. The number of anilines is 1. The highest BCUT2D eigenvalue weighted by Crippen LogP contribution is 2.12. The van der Waals surface area contributed by atoms with Crippen molar-refractivity contribution >= 4 is 17.9 Å². The zero-order chi connectivity index (χ0) is 11.3. The van der Waals surface area contributed by atoms with Crippen molar-refractivity contribution in [3.8, 4) is 6.07 Å². The van der Waals surface area contributed by atoms with Crippen LogP contribution in [0.3, 0.4) is 0 Å². The Labute approximate surface area is 86.3 Å². The Kier molecular flexibility index (Phi) is 3.46. The Bertz CT molecular complexity index is 428. The molecular weight excluding hydrogens is 196 g/mol. The fraction of sp³-hybridized carbons (Fsp3) is 0.222. The molecule has 0 aromatic carbocycles. The first kappa shape index (κ1) is 10.8. The average Bonchev–Trinajstić information content (AvgIpc) is 2.56. The van der Waals surface area contributed by atoms with Crippen LogP contribution in [-0.2, 0) is 9.53 Å². The van der Waals surface area contributed by atoms with E-state index in [1.54, 1.807) is 6.92 Å². The second-order valence-corrected chi connectivity index (χ2v) is 2.59. The lowest BCUT2D eigenvalue weighted by Crippen LogP contribution is -1.98. The maximum Gasteiger partial charge on any atom is 0.330 e. The molecule has 1 heterocycles. The van der Waals surface area contributed by atoms with Gasteiger partial charge in [-0.2, -0.15) is 10.4 Å². The van der Waals surface area contributed by atoms with Crippen LogP contribution >= 0.6 is 0 Å². The lowest BCUT2D eigenvalue weighted by atomic mass is 10.2. The number of esters is 1. The molecule has 0 aliphatic rings. The zero-order valence-electron chi connectivity index (χ0n) is 8.15. The molecule has 0 bridgehead atoms. The first-order chi connectivity index (χ1) is 7.19. The number of carbonyl (C=O) groups excluding carboxylic acids is 1. The summed E-state index contributed by atoms with van der Waals surface area (Å²) in [5.74, 6) is -0.365. The van der Waals surface area contributed by atoms with E-state index in [0.29, 0.717) is 12.3 Å². The number of rotatable bonds is 3. The molecule has 0 spiro atoms. The van der Waals surface area contributed by atoms with Gasteiger partial charge in [0.15, 0.2) is 5.82 Å². The summed E-state index contributed by atoms with van der Waals surface area (Å²) in [4.78, 5) is 11.0. The smallest absolute Gasteiger partial charge is 0.330 e. The van der Waals surface area contributed by atoms with Crippen molar-refractivity contribution in [3.63, 3.8) is 0 Å². The summed E-state index contributed by atoms with van der Waals surface area (Å²) in [6.07, 6.45) is 2.61. The van der Waals surface area contributed by atoms with Crippen molar-refractivity contribution in [2.24, 2.45) is 0 Å². The van der Waals surface area contributed by atoms with E-state index in [-0.39, 0.29) is 11.4 Å². The van der Waals surface area contributed by atoms with E-state index in [4.69, 9.17) is 11.0 Å². The van der Waals surface area contributed by atoms with Crippen LogP contribution in [0.25, 0.3) is 6.08 Å². The molecule has 0 amide bonds. The molecule has 15 heavy (non-hydrogen) atoms. The molecule has 0 radical (unpaired) electrons. The van der Waals surface area contributed by atoms with E-state index < -0.39 is 5.97 Å². The zero-order valence-corrected chi connectivity index (χ0v) is 8.15. The summed E-state index contributed by atoms with van der Waals surface area (Å²) in [7, 11) is 0. The highest BCUT2D eigenvalue weighted by Gasteiger charge is 2.07. The standard InChI is InChI=1S/C9H10N4O2/c1-2-15-8(14)4-3-7-6(5-10)9(11)13-12-7/h3-4H,2H2,1H3,(H3,11,12,13). The van der Waals surface area contributed by atoms with E-state index in [1.807, 2.05) is 6.07 Å². The monoisotopic (exact) mass is 206 g/mol. The van der Waals surface area contributed by atoms with Gasteiger partial charge in [0.25, 0.3) is 0 Å². The van der Waals surface area contributed by atoms with E-state index in [1.165, 1.54) is 12.2 Å². The predicted molar refractivity (Wildman–Crippen MR) is 53.4 cm³/mol. The Morgan fingerprint density at radius 1 is 1.80 bits per heavy atom. The second-order valence-electron chi connectivity index (χ2n) is 2.59. The molecule has 0 saturated carbocycles. The fourth-order valence-electron chi connectivity index (χ4n) is 0.950. The molecule has 0 saturated heterocycles. The SMILES string of the molecule is CCOC(=O)C=Cc1[nH]nc(N)c1C#N. The van der Waals surface area contributed by atoms with E-state index in [0.717, 1.165) is 0 Å². The quantitative estimate of drug-likeness (QED) is 0.551. The summed E-state index contributed by atoms with van der Waals surface area (Å²) in [6.45, 7) is 2.01. The first-order valence-electron chi connectivity index (χ1n) is 4.27. The number of hydrogen-bond donors (Lipinski definition) is 2. The molecule has 1 aromatic heterocycles. The predicted octanol–water partition coefficient (Wildman–Crippen LogP) is 0.440. The molecule has 3 N–H and O–H groups in total. The van der Waals surface area contributed by atoms with Crippen LogP contribution in [-0.4, -0.2) is 22.8 Å². The highest BCUT2D eigenvalue weighted by atomic mass is 16.5. The van der Waals surface area contributed by atoms with Gasteiger partial charge >= 0.3 is 5.97 Å². The van der Waals surface area contributed by atoms with Crippen LogP contribution in [0.1, 0.15) is 18.2 Å². The van der Waals surface area contributed by atoms with Crippen molar-refractivity contribution in [2.75, 3.05) is 12.3 Å². The second kappa shape index (κ2) is 4.81. The van der Waals surface area contributed by atoms with Crippen LogP contribution in [0.2, 0.25) is 0 Å². The van der Waals surface area contributed by atoms with Crippen molar-refractivity contribution in [3.05, 3.63) is 17.3 Å². The Hall–Kier alpha value is -2.29. The topological polar surface area (TPSA) is 105 Å². The minimum Gasteiger partial charge on any atom is -0.463 e. The van der Waals surface area contributed by atoms with Gasteiger partial charge in [0.2, 0.25) is 0 Å². The van der Waals surface area contributed by atoms with Crippen molar-refractivity contribution in [1.29, 1.82) is 5.26 Å². The van der Waals surface area contributed by atoms with Gasteiger partial charge in [-0.25, -0.2) is 4.79 Å². The number of nitrogens with two attached hydrogens (primary N) is 1.